The Bertz CT molecular complexity index is 473. The van der Waals surface area contributed by atoms with E-state index < -0.39 is 0 Å². The molecule has 0 aromatic heterocycles. The fourth-order valence-electron chi connectivity index (χ4n) is 1.62. The highest BCUT2D eigenvalue weighted by atomic mass is 79.9. The third kappa shape index (κ3) is 3.04. The van der Waals surface area contributed by atoms with Gasteiger partial charge in [0, 0.05) is 18.1 Å². The average Bonchev–Trinajstić information content (AvgIpc) is 2.41. The Morgan fingerprint density at radius 1 is 1.39 bits per heavy atom. The van der Waals surface area contributed by atoms with E-state index >= 15 is 0 Å². The van der Waals surface area contributed by atoms with Gasteiger partial charge in [0.15, 0.2) is 0 Å². The molecule has 0 saturated heterocycles. The van der Waals surface area contributed by atoms with Crippen LogP contribution in [-0.4, -0.2) is 31.1 Å². The zero-order chi connectivity index (χ0) is 13.0. The van der Waals surface area contributed by atoms with Gasteiger partial charge in [-0.25, -0.2) is 0 Å². The molecule has 0 saturated carbocycles. The molecule has 0 unspecified atom stereocenters. The van der Waals surface area contributed by atoms with Crippen LogP contribution in [0.4, 0.5) is 0 Å². The molecule has 0 aliphatic carbocycles. The second kappa shape index (κ2) is 5.91. The predicted molar refractivity (Wildman–Crippen MR) is 70.6 cm³/mol. The maximum absolute atomic E-state index is 12.1. The zero-order valence-electron chi connectivity index (χ0n) is 10.1. The molecule has 5 heteroatoms. The van der Waals surface area contributed by atoms with Crippen LogP contribution in [0.2, 0.25) is 0 Å². The van der Waals surface area contributed by atoms with E-state index in [4.69, 9.17) is 9.47 Å². The highest BCUT2D eigenvalue weighted by molar-refractivity contribution is 9.10. The van der Waals surface area contributed by atoms with Crippen LogP contribution in [0.25, 0.3) is 0 Å². The first-order chi connectivity index (χ1) is 8.68. The van der Waals surface area contributed by atoms with Crippen molar-refractivity contribution in [1.29, 1.82) is 0 Å². The van der Waals surface area contributed by atoms with Crippen LogP contribution in [0.5, 0.6) is 0 Å². The first-order valence-electron chi connectivity index (χ1n) is 5.62. The van der Waals surface area contributed by atoms with Gasteiger partial charge in [0.1, 0.15) is 19.5 Å². The van der Waals surface area contributed by atoms with E-state index in [2.05, 4.69) is 15.9 Å². The summed E-state index contributed by atoms with van der Waals surface area (Å²) in [4.78, 5) is 13.6. The van der Waals surface area contributed by atoms with Gasteiger partial charge in [0.25, 0.3) is 5.91 Å². The van der Waals surface area contributed by atoms with E-state index in [0.29, 0.717) is 19.8 Å². The number of carbonyl (C=O) groups excluding carboxylic acids is 1. The van der Waals surface area contributed by atoms with Gasteiger partial charge in [0.05, 0.1) is 0 Å². The van der Waals surface area contributed by atoms with E-state index in [1.807, 2.05) is 24.3 Å². The summed E-state index contributed by atoms with van der Waals surface area (Å²) >= 11 is 3.46. The van der Waals surface area contributed by atoms with Gasteiger partial charge in [-0.05, 0) is 11.6 Å². The second-order valence-corrected chi connectivity index (χ2v) is 4.81. The molecule has 1 aromatic carbocycles. The minimum atomic E-state index is -0.176. The lowest BCUT2D eigenvalue weighted by molar-refractivity contribution is -0.131. The summed E-state index contributed by atoms with van der Waals surface area (Å²) in [5, 5.41) is 0. The fraction of sp³-hybridized carbons (Fsp3) is 0.308. The molecule has 0 atom stereocenters. The normalized spacial score (nSPS) is 14.2. The predicted octanol–water partition coefficient (Wildman–Crippen LogP) is 2.30. The van der Waals surface area contributed by atoms with Gasteiger partial charge in [-0.2, -0.15) is 0 Å². The van der Waals surface area contributed by atoms with E-state index in [1.165, 1.54) is 6.26 Å². The van der Waals surface area contributed by atoms with Gasteiger partial charge in [0.2, 0.25) is 5.76 Å². The number of benzene rings is 1. The van der Waals surface area contributed by atoms with E-state index in [-0.39, 0.29) is 11.7 Å². The van der Waals surface area contributed by atoms with Crippen molar-refractivity contribution >= 4 is 21.8 Å². The number of rotatable bonds is 3. The molecule has 2 rings (SSSR count). The molecule has 1 aliphatic rings. The summed E-state index contributed by atoms with van der Waals surface area (Å²) < 4.78 is 11.3. The molecule has 0 fully saturated rings. The third-order valence-corrected chi connectivity index (χ3v) is 3.35. The van der Waals surface area contributed by atoms with Crippen molar-refractivity contribution in [2.75, 3.05) is 20.3 Å². The van der Waals surface area contributed by atoms with Crippen molar-refractivity contribution < 1.29 is 14.3 Å². The Labute approximate surface area is 114 Å². The Morgan fingerprint density at radius 2 is 2.17 bits per heavy atom. The Hall–Kier alpha value is -1.49. The molecule has 0 radical (unpaired) electrons. The van der Waals surface area contributed by atoms with Crippen molar-refractivity contribution in [3.05, 3.63) is 46.3 Å². The van der Waals surface area contributed by atoms with Crippen LogP contribution in [0.1, 0.15) is 5.56 Å². The molecule has 0 N–H and O–H groups in total. The largest absolute Gasteiger partial charge is 0.494 e. The van der Waals surface area contributed by atoms with Crippen molar-refractivity contribution in [2.24, 2.45) is 0 Å². The molecule has 4 nitrogen and oxygen atoms in total. The smallest absolute Gasteiger partial charge is 0.292 e. The average molecular weight is 312 g/mol. The Balaban J connectivity index is 2.03. The zero-order valence-corrected chi connectivity index (χ0v) is 11.6. The van der Waals surface area contributed by atoms with Crippen LogP contribution in [0.15, 0.2) is 40.8 Å². The van der Waals surface area contributed by atoms with Crippen LogP contribution in [-0.2, 0) is 20.8 Å². The fourth-order valence-corrected chi connectivity index (χ4v) is 2.03. The summed E-state index contributed by atoms with van der Waals surface area (Å²) in [5.74, 6) is 0.0845. The lowest BCUT2D eigenvalue weighted by Crippen LogP contribution is -2.30. The highest BCUT2D eigenvalue weighted by Crippen LogP contribution is 2.18. The minimum absolute atomic E-state index is 0.176. The number of nitrogens with zero attached hydrogens (tertiary/aromatic N) is 1. The van der Waals surface area contributed by atoms with Crippen LogP contribution < -0.4 is 0 Å². The summed E-state index contributed by atoms with van der Waals surface area (Å²) in [6, 6.07) is 7.81. The summed E-state index contributed by atoms with van der Waals surface area (Å²) in [6.45, 7) is 1.42. The molecule has 0 spiro atoms. The van der Waals surface area contributed by atoms with Crippen molar-refractivity contribution in [3.8, 4) is 0 Å². The molecule has 1 aromatic rings. The number of ether oxygens (including phenoxy) is 2. The second-order valence-electron chi connectivity index (χ2n) is 3.95. The Morgan fingerprint density at radius 3 is 2.83 bits per heavy atom. The molecule has 18 heavy (non-hydrogen) atoms. The van der Waals surface area contributed by atoms with Gasteiger partial charge in [-0.3, -0.25) is 4.79 Å². The molecule has 1 aliphatic heterocycles. The minimum Gasteiger partial charge on any atom is -0.494 e. The molecular formula is C13H14BrNO3. The maximum Gasteiger partial charge on any atom is 0.292 e. The quantitative estimate of drug-likeness (QED) is 0.860. The Kier molecular flexibility index (Phi) is 4.25. The molecule has 1 heterocycles. The van der Waals surface area contributed by atoms with Crippen LogP contribution in [0.3, 0.4) is 0 Å². The lowest BCUT2D eigenvalue weighted by atomic mass is 10.2. The summed E-state index contributed by atoms with van der Waals surface area (Å²) in [7, 11) is 1.74. The van der Waals surface area contributed by atoms with Crippen molar-refractivity contribution in [2.45, 2.75) is 6.54 Å². The van der Waals surface area contributed by atoms with Crippen LogP contribution >= 0.6 is 15.9 Å². The number of hydrogen-bond acceptors (Lipinski definition) is 3. The number of carbonyl (C=O) groups is 1. The lowest BCUT2D eigenvalue weighted by Gasteiger charge is -2.21. The monoisotopic (exact) mass is 311 g/mol. The number of likely N-dealkylation sites (N-methyl/N-ethyl adjacent to an activating group) is 1. The number of halogens is 1. The SMILES string of the molecule is CN(Cc1ccccc1Br)C(=O)C1=COCCO1. The van der Waals surface area contributed by atoms with Gasteiger partial charge >= 0.3 is 0 Å². The third-order valence-electron chi connectivity index (χ3n) is 2.57. The topological polar surface area (TPSA) is 38.8 Å². The molecule has 96 valence electrons. The van der Waals surface area contributed by atoms with Crippen molar-refractivity contribution in [3.63, 3.8) is 0 Å². The van der Waals surface area contributed by atoms with Gasteiger partial charge in [-0.15, -0.1) is 0 Å². The van der Waals surface area contributed by atoms with Crippen molar-refractivity contribution in [1.82, 2.24) is 4.90 Å². The first kappa shape index (κ1) is 13.0. The number of hydrogen-bond donors (Lipinski definition) is 0. The molecular weight excluding hydrogens is 298 g/mol. The van der Waals surface area contributed by atoms with E-state index in [1.54, 1.807) is 11.9 Å². The standard InChI is InChI=1S/C13H14BrNO3/c1-15(8-10-4-2-3-5-11(10)14)13(16)12-9-17-6-7-18-12/h2-5,9H,6-8H2,1H3. The van der Waals surface area contributed by atoms with Crippen LogP contribution in [0, 0.1) is 0 Å². The van der Waals surface area contributed by atoms with E-state index in [9.17, 15) is 4.79 Å². The number of amides is 1. The van der Waals surface area contributed by atoms with Gasteiger partial charge in [-0.1, -0.05) is 34.1 Å². The molecule has 0 bridgehead atoms. The molecule has 1 amide bonds. The summed E-state index contributed by atoms with van der Waals surface area (Å²) in [6.07, 6.45) is 1.38. The van der Waals surface area contributed by atoms with Gasteiger partial charge < -0.3 is 14.4 Å². The highest BCUT2D eigenvalue weighted by Gasteiger charge is 2.19. The first-order valence-corrected chi connectivity index (χ1v) is 6.41. The summed E-state index contributed by atoms with van der Waals surface area (Å²) in [5.41, 5.74) is 1.05. The van der Waals surface area contributed by atoms with E-state index in [0.717, 1.165) is 10.0 Å². The maximum atomic E-state index is 12.1.